The zero-order chi connectivity index (χ0) is 15.4. The van der Waals surface area contributed by atoms with Crippen LogP contribution in [0.4, 0.5) is 9.93 Å². The summed E-state index contributed by atoms with van der Waals surface area (Å²) in [6, 6.07) is 9.81. The van der Waals surface area contributed by atoms with Gasteiger partial charge in [-0.3, -0.25) is 5.32 Å². The molecular formula is C15H18N4OS2. The van der Waals surface area contributed by atoms with Crippen molar-refractivity contribution in [3.8, 4) is 11.4 Å². The highest BCUT2D eigenvalue weighted by Crippen LogP contribution is 2.28. The number of hydrogen-bond donors (Lipinski definition) is 2. The summed E-state index contributed by atoms with van der Waals surface area (Å²) >= 11 is 3.07. The fourth-order valence-electron chi connectivity index (χ4n) is 2.58. The van der Waals surface area contributed by atoms with Gasteiger partial charge in [0, 0.05) is 28.4 Å². The monoisotopic (exact) mass is 334 g/mol. The highest BCUT2D eigenvalue weighted by molar-refractivity contribution is 7.99. The Balaban J connectivity index is 1.55. The van der Waals surface area contributed by atoms with Gasteiger partial charge < -0.3 is 5.32 Å². The molecule has 22 heavy (non-hydrogen) atoms. The molecule has 1 aromatic heterocycles. The third-order valence-electron chi connectivity index (χ3n) is 3.73. The molecule has 1 heterocycles. The highest BCUT2D eigenvalue weighted by atomic mass is 32.2. The molecule has 2 aromatic rings. The molecule has 0 bridgehead atoms. The molecule has 7 heteroatoms. The SMILES string of the molecule is CS[C@H]1CC[C@H](NC(=O)Nc2nc(-c3ccccc3)ns2)C1. The molecule has 3 rings (SSSR count). The van der Waals surface area contributed by atoms with Crippen molar-refractivity contribution in [1.29, 1.82) is 0 Å². The Morgan fingerprint density at radius 2 is 2.14 bits per heavy atom. The number of nitrogens with one attached hydrogen (secondary N) is 2. The number of aromatic nitrogens is 2. The Morgan fingerprint density at radius 1 is 1.32 bits per heavy atom. The fraction of sp³-hybridized carbons (Fsp3) is 0.400. The lowest BCUT2D eigenvalue weighted by molar-refractivity contribution is 0.248. The first kappa shape index (κ1) is 15.3. The normalized spacial score (nSPS) is 20.8. The van der Waals surface area contributed by atoms with Crippen LogP contribution in [0.15, 0.2) is 30.3 Å². The number of carbonyl (C=O) groups is 1. The van der Waals surface area contributed by atoms with Crippen LogP contribution in [0.2, 0.25) is 0 Å². The Bertz CT molecular complexity index is 631. The Kier molecular flexibility index (Phi) is 4.94. The van der Waals surface area contributed by atoms with Gasteiger partial charge in [0.1, 0.15) is 0 Å². The lowest BCUT2D eigenvalue weighted by atomic mass is 10.2. The average Bonchev–Trinajstić information content (AvgIpc) is 3.17. The van der Waals surface area contributed by atoms with E-state index in [1.807, 2.05) is 42.1 Å². The van der Waals surface area contributed by atoms with Crippen LogP contribution in [0.25, 0.3) is 11.4 Å². The van der Waals surface area contributed by atoms with Gasteiger partial charge in [0.2, 0.25) is 5.13 Å². The summed E-state index contributed by atoms with van der Waals surface area (Å²) < 4.78 is 4.28. The molecular weight excluding hydrogens is 316 g/mol. The van der Waals surface area contributed by atoms with Gasteiger partial charge in [-0.25, -0.2) is 4.79 Å². The maximum absolute atomic E-state index is 12.0. The minimum atomic E-state index is -0.192. The van der Waals surface area contributed by atoms with Gasteiger partial charge >= 0.3 is 6.03 Å². The summed E-state index contributed by atoms with van der Waals surface area (Å²) in [5.74, 6) is 0.643. The zero-order valence-electron chi connectivity index (χ0n) is 12.3. The summed E-state index contributed by atoms with van der Waals surface area (Å²) in [6.45, 7) is 0. The molecule has 1 fully saturated rings. The molecule has 1 aliphatic rings. The Labute approximate surface area is 138 Å². The molecule has 2 amide bonds. The number of carbonyl (C=O) groups excluding carboxylic acids is 1. The van der Waals surface area contributed by atoms with Gasteiger partial charge in [-0.1, -0.05) is 30.3 Å². The number of nitrogens with zero attached hydrogens (tertiary/aromatic N) is 2. The molecule has 0 radical (unpaired) electrons. The van der Waals surface area contributed by atoms with Crippen LogP contribution in [0, 0.1) is 0 Å². The predicted octanol–water partition coefficient (Wildman–Crippen LogP) is 3.61. The molecule has 0 aliphatic heterocycles. The molecule has 0 unspecified atom stereocenters. The van der Waals surface area contributed by atoms with E-state index in [4.69, 9.17) is 0 Å². The summed E-state index contributed by atoms with van der Waals surface area (Å²) in [5.41, 5.74) is 0.950. The third kappa shape index (κ3) is 3.78. The molecule has 1 aromatic carbocycles. The van der Waals surface area contributed by atoms with Gasteiger partial charge in [-0.2, -0.15) is 21.1 Å². The van der Waals surface area contributed by atoms with Crippen molar-refractivity contribution in [2.24, 2.45) is 0 Å². The standard InChI is InChI=1S/C15H18N4OS2/c1-21-12-8-7-11(9-12)16-14(20)18-15-17-13(19-22-15)10-5-3-2-4-6-10/h2-6,11-12H,7-9H2,1H3,(H2,16,17,18,19,20)/t11-,12-/m0/s1. The van der Waals surface area contributed by atoms with E-state index in [-0.39, 0.29) is 12.1 Å². The maximum Gasteiger partial charge on any atom is 0.321 e. The minimum Gasteiger partial charge on any atom is -0.335 e. The van der Waals surface area contributed by atoms with Gasteiger partial charge in [0.05, 0.1) is 0 Å². The predicted molar refractivity (Wildman–Crippen MR) is 92.4 cm³/mol. The van der Waals surface area contributed by atoms with Gasteiger partial charge in [-0.05, 0) is 25.5 Å². The van der Waals surface area contributed by atoms with Crippen LogP contribution in [-0.2, 0) is 0 Å². The second kappa shape index (κ2) is 7.11. The van der Waals surface area contributed by atoms with E-state index >= 15 is 0 Å². The van der Waals surface area contributed by atoms with E-state index in [9.17, 15) is 4.79 Å². The molecule has 116 valence electrons. The summed E-state index contributed by atoms with van der Waals surface area (Å²) in [4.78, 5) is 16.4. The van der Waals surface area contributed by atoms with Crippen molar-refractivity contribution in [1.82, 2.24) is 14.7 Å². The summed E-state index contributed by atoms with van der Waals surface area (Å²) in [7, 11) is 0. The fourth-order valence-corrected chi connectivity index (χ4v) is 3.96. The zero-order valence-corrected chi connectivity index (χ0v) is 13.9. The van der Waals surface area contributed by atoms with E-state index in [1.165, 1.54) is 18.0 Å². The highest BCUT2D eigenvalue weighted by Gasteiger charge is 2.25. The number of anilines is 1. The molecule has 1 aliphatic carbocycles. The molecule has 2 N–H and O–H groups in total. The smallest absolute Gasteiger partial charge is 0.321 e. The number of urea groups is 1. The number of amides is 2. The van der Waals surface area contributed by atoms with E-state index < -0.39 is 0 Å². The van der Waals surface area contributed by atoms with E-state index in [0.29, 0.717) is 16.2 Å². The first-order chi connectivity index (χ1) is 10.7. The van der Waals surface area contributed by atoms with Crippen LogP contribution < -0.4 is 10.6 Å². The number of thioether (sulfide) groups is 1. The van der Waals surface area contributed by atoms with Crippen molar-refractivity contribution in [2.75, 3.05) is 11.6 Å². The molecule has 0 spiro atoms. The summed E-state index contributed by atoms with van der Waals surface area (Å²) in [5, 5.41) is 6.98. The first-order valence-electron chi connectivity index (χ1n) is 7.24. The van der Waals surface area contributed by atoms with Crippen molar-refractivity contribution in [2.45, 2.75) is 30.6 Å². The second-order valence-electron chi connectivity index (χ2n) is 5.26. The van der Waals surface area contributed by atoms with Crippen molar-refractivity contribution in [3.63, 3.8) is 0 Å². The Hall–Kier alpha value is -1.60. The van der Waals surface area contributed by atoms with Gasteiger partial charge in [0.25, 0.3) is 0 Å². The van der Waals surface area contributed by atoms with Crippen LogP contribution in [0.1, 0.15) is 19.3 Å². The largest absolute Gasteiger partial charge is 0.335 e. The van der Waals surface area contributed by atoms with Crippen LogP contribution in [0.3, 0.4) is 0 Å². The van der Waals surface area contributed by atoms with Gasteiger partial charge in [-0.15, -0.1) is 0 Å². The first-order valence-corrected chi connectivity index (χ1v) is 9.30. The quantitative estimate of drug-likeness (QED) is 0.896. The van der Waals surface area contributed by atoms with Gasteiger partial charge in [0.15, 0.2) is 5.82 Å². The molecule has 2 atom stereocenters. The van der Waals surface area contributed by atoms with Crippen LogP contribution in [-0.4, -0.2) is 32.9 Å². The van der Waals surface area contributed by atoms with Crippen LogP contribution in [0.5, 0.6) is 0 Å². The number of benzene rings is 1. The summed E-state index contributed by atoms with van der Waals surface area (Å²) in [6.07, 6.45) is 5.38. The second-order valence-corrected chi connectivity index (χ2v) is 7.15. The molecule has 5 nitrogen and oxygen atoms in total. The molecule has 1 saturated carbocycles. The lowest BCUT2D eigenvalue weighted by Gasteiger charge is -2.12. The number of hydrogen-bond acceptors (Lipinski definition) is 5. The van der Waals surface area contributed by atoms with Crippen LogP contribution >= 0.6 is 23.3 Å². The van der Waals surface area contributed by atoms with E-state index in [1.54, 1.807) is 0 Å². The topological polar surface area (TPSA) is 66.9 Å². The lowest BCUT2D eigenvalue weighted by Crippen LogP contribution is -2.36. The maximum atomic E-state index is 12.0. The number of rotatable bonds is 4. The average molecular weight is 334 g/mol. The minimum absolute atomic E-state index is 0.192. The Morgan fingerprint density at radius 3 is 2.86 bits per heavy atom. The van der Waals surface area contributed by atoms with Crippen molar-refractivity contribution in [3.05, 3.63) is 30.3 Å². The van der Waals surface area contributed by atoms with Crippen molar-refractivity contribution >= 4 is 34.5 Å². The third-order valence-corrected chi connectivity index (χ3v) is 5.46. The van der Waals surface area contributed by atoms with Crippen molar-refractivity contribution < 1.29 is 4.79 Å². The van der Waals surface area contributed by atoms with E-state index in [2.05, 4.69) is 26.2 Å². The van der Waals surface area contributed by atoms with E-state index in [0.717, 1.165) is 18.4 Å². The molecule has 0 saturated heterocycles.